The van der Waals surface area contributed by atoms with E-state index in [0.717, 1.165) is 22.0 Å². The third-order valence-corrected chi connectivity index (χ3v) is 2.77. The van der Waals surface area contributed by atoms with Crippen LogP contribution in [0, 0.1) is 0 Å². The van der Waals surface area contributed by atoms with Crippen molar-refractivity contribution in [2.75, 3.05) is 0 Å². The molecule has 1 aromatic heterocycles. The first-order valence-corrected chi connectivity index (χ1v) is 5.21. The fraction of sp³-hybridized carbons (Fsp3) is 0. The van der Waals surface area contributed by atoms with E-state index in [4.69, 9.17) is 0 Å². The van der Waals surface area contributed by atoms with E-state index in [2.05, 4.69) is 4.98 Å². The van der Waals surface area contributed by atoms with Gasteiger partial charge in [-0.25, -0.2) is 0 Å². The number of nitrogens with one attached hydrogen (secondary N) is 1. The zero-order chi connectivity index (χ0) is 11.0. The van der Waals surface area contributed by atoms with Gasteiger partial charge in [0.05, 0.1) is 0 Å². The number of H-pyrrole nitrogens is 1. The van der Waals surface area contributed by atoms with E-state index in [1.165, 1.54) is 0 Å². The Hall–Kier alpha value is -2.22. The van der Waals surface area contributed by atoms with Gasteiger partial charge in [0.15, 0.2) is 0 Å². The molecule has 0 aliphatic carbocycles. The molecule has 2 heteroatoms. The summed E-state index contributed by atoms with van der Waals surface area (Å²) in [5.41, 5.74) is 1.80. The molecule has 0 atom stereocenters. The molecule has 16 heavy (non-hydrogen) atoms. The second-order valence-electron chi connectivity index (χ2n) is 3.76. The number of aromatic hydroxyl groups is 1. The smallest absolute Gasteiger partial charge is 0.125 e. The summed E-state index contributed by atoms with van der Waals surface area (Å²) in [4.78, 5) is 3.13. The van der Waals surface area contributed by atoms with Crippen LogP contribution in [0.25, 0.3) is 22.0 Å². The second-order valence-corrected chi connectivity index (χ2v) is 3.76. The van der Waals surface area contributed by atoms with Crippen molar-refractivity contribution >= 4 is 10.8 Å². The van der Waals surface area contributed by atoms with Gasteiger partial charge in [0.1, 0.15) is 5.75 Å². The maximum absolute atomic E-state index is 9.96. The van der Waals surface area contributed by atoms with Crippen LogP contribution >= 0.6 is 0 Å². The van der Waals surface area contributed by atoms with Gasteiger partial charge in [0.25, 0.3) is 0 Å². The van der Waals surface area contributed by atoms with Crippen LogP contribution in [0.1, 0.15) is 0 Å². The van der Waals surface area contributed by atoms with Crippen molar-refractivity contribution in [1.82, 2.24) is 4.98 Å². The second kappa shape index (κ2) is 3.42. The highest BCUT2D eigenvalue weighted by molar-refractivity contribution is 5.98. The maximum atomic E-state index is 9.96. The molecule has 0 aliphatic rings. The molecular formula is C14H11NO. The normalized spacial score (nSPS) is 10.8. The summed E-state index contributed by atoms with van der Waals surface area (Å²) in [5.74, 6) is 0.307. The number of fused-ring (bicyclic) bond motifs is 1. The lowest BCUT2D eigenvalue weighted by molar-refractivity contribution is 0.478. The summed E-state index contributed by atoms with van der Waals surface area (Å²) in [6, 6.07) is 15.6. The van der Waals surface area contributed by atoms with Gasteiger partial charge < -0.3 is 10.1 Å². The maximum Gasteiger partial charge on any atom is 0.125 e. The number of hydrogen-bond acceptors (Lipinski definition) is 1. The van der Waals surface area contributed by atoms with Gasteiger partial charge in [-0.3, -0.25) is 0 Å². The highest BCUT2D eigenvalue weighted by Gasteiger charge is 2.08. The fourth-order valence-electron chi connectivity index (χ4n) is 2.03. The molecule has 2 N–H and O–H groups in total. The van der Waals surface area contributed by atoms with Crippen molar-refractivity contribution in [3.05, 3.63) is 54.7 Å². The molecule has 0 saturated carbocycles. The molecule has 0 saturated heterocycles. The lowest BCUT2D eigenvalue weighted by Gasteiger charge is -2.07. The number of rotatable bonds is 1. The first kappa shape index (κ1) is 9.04. The minimum absolute atomic E-state index is 0.307. The van der Waals surface area contributed by atoms with Crippen molar-refractivity contribution in [2.45, 2.75) is 0 Å². The molecule has 0 bridgehead atoms. The molecule has 78 valence electrons. The standard InChI is InChI=1S/C14H11NO/c16-13-8-7-10-4-1-2-5-11(10)14(13)12-6-3-9-15-12/h1-9,15-16H. The molecule has 0 radical (unpaired) electrons. The Bertz CT molecular complexity index is 626. The lowest BCUT2D eigenvalue weighted by Crippen LogP contribution is -1.82. The van der Waals surface area contributed by atoms with Crippen LogP contribution in [-0.2, 0) is 0 Å². The van der Waals surface area contributed by atoms with E-state index in [1.54, 1.807) is 6.07 Å². The summed E-state index contributed by atoms with van der Waals surface area (Å²) in [7, 11) is 0. The number of phenols is 1. The largest absolute Gasteiger partial charge is 0.507 e. The first-order chi connectivity index (χ1) is 7.86. The molecule has 3 rings (SSSR count). The van der Waals surface area contributed by atoms with Crippen LogP contribution in [0.15, 0.2) is 54.7 Å². The Kier molecular flexibility index (Phi) is 1.93. The Labute approximate surface area is 93.2 Å². The molecule has 0 amide bonds. The average Bonchev–Trinajstić information content (AvgIpc) is 2.82. The summed E-state index contributed by atoms with van der Waals surface area (Å²) in [6.07, 6.45) is 1.86. The van der Waals surface area contributed by atoms with Crippen molar-refractivity contribution in [3.63, 3.8) is 0 Å². The quantitative estimate of drug-likeness (QED) is 0.631. The van der Waals surface area contributed by atoms with Gasteiger partial charge in [-0.15, -0.1) is 0 Å². The molecule has 2 nitrogen and oxygen atoms in total. The SMILES string of the molecule is Oc1ccc2ccccc2c1-c1ccc[nH]1. The predicted molar refractivity (Wildman–Crippen MR) is 65.4 cm³/mol. The number of aromatic amines is 1. The van der Waals surface area contributed by atoms with E-state index in [-0.39, 0.29) is 0 Å². The molecule has 1 heterocycles. The van der Waals surface area contributed by atoms with Crippen LogP contribution in [0.5, 0.6) is 5.75 Å². The monoisotopic (exact) mass is 209 g/mol. The number of phenolic OH excluding ortho intramolecular Hbond substituents is 1. The summed E-state index contributed by atoms with van der Waals surface area (Å²) in [6.45, 7) is 0. The molecule has 0 aliphatic heterocycles. The summed E-state index contributed by atoms with van der Waals surface area (Å²) < 4.78 is 0. The highest BCUT2D eigenvalue weighted by Crippen LogP contribution is 2.35. The molecular weight excluding hydrogens is 198 g/mol. The van der Waals surface area contributed by atoms with Crippen LogP contribution in [0.2, 0.25) is 0 Å². The molecule has 2 aromatic carbocycles. The van der Waals surface area contributed by atoms with Crippen molar-refractivity contribution in [2.24, 2.45) is 0 Å². The van der Waals surface area contributed by atoms with Crippen molar-refractivity contribution in [3.8, 4) is 17.0 Å². The molecule has 3 aromatic rings. The molecule has 0 unspecified atom stereocenters. The Morgan fingerprint density at radius 2 is 1.75 bits per heavy atom. The summed E-state index contributed by atoms with van der Waals surface area (Å²) in [5, 5.41) is 12.2. The van der Waals surface area contributed by atoms with Gasteiger partial charge in [-0.2, -0.15) is 0 Å². The van der Waals surface area contributed by atoms with E-state index in [1.807, 2.05) is 48.7 Å². The minimum atomic E-state index is 0.307. The van der Waals surface area contributed by atoms with Crippen LogP contribution in [0.3, 0.4) is 0 Å². The van der Waals surface area contributed by atoms with Crippen LogP contribution in [0.4, 0.5) is 0 Å². The van der Waals surface area contributed by atoms with E-state index in [9.17, 15) is 5.11 Å². The Balaban J connectivity index is 2.42. The zero-order valence-corrected chi connectivity index (χ0v) is 8.64. The van der Waals surface area contributed by atoms with Crippen molar-refractivity contribution in [1.29, 1.82) is 0 Å². The third kappa shape index (κ3) is 1.27. The zero-order valence-electron chi connectivity index (χ0n) is 8.64. The molecule has 0 fully saturated rings. The van der Waals surface area contributed by atoms with E-state index >= 15 is 0 Å². The highest BCUT2D eigenvalue weighted by atomic mass is 16.3. The predicted octanol–water partition coefficient (Wildman–Crippen LogP) is 3.54. The van der Waals surface area contributed by atoms with Gasteiger partial charge in [-0.1, -0.05) is 30.3 Å². The van der Waals surface area contributed by atoms with Gasteiger partial charge in [0, 0.05) is 17.5 Å². The van der Waals surface area contributed by atoms with Gasteiger partial charge in [-0.05, 0) is 29.0 Å². The van der Waals surface area contributed by atoms with E-state index in [0.29, 0.717) is 5.75 Å². The topological polar surface area (TPSA) is 36.0 Å². The molecule has 0 spiro atoms. The third-order valence-electron chi connectivity index (χ3n) is 2.77. The lowest BCUT2D eigenvalue weighted by atomic mass is 10.0. The number of benzene rings is 2. The van der Waals surface area contributed by atoms with Crippen molar-refractivity contribution < 1.29 is 5.11 Å². The Morgan fingerprint density at radius 1 is 0.875 bits per heavy atom. The first-order valence-electron chi connectivity index (χ1n) is 5.21. The number of aromatic nitrogens is 1. The van der Waals surface area contributed by atoms with Crippen LogP contribution in [-0.4, -0.2) is 10.1 Å². The minimum Gasteiger partial charge on any atom is -0.507 e. The average molecular weight is 209 g/mol. The summed E-state index contributed by atoms with van der Waals surface area (Å²) >= 11 is 0. The van der Waals surface area contributed by atoms with E-state index < -0.39 is 0 Å². The van der Waals surface area contributed by atoms with Crippen LogP contribution < -0.4 is 0 Å². The fourth-order valence-corrected chi connectivity index (χ4v) is 2.03. The van der Waals surface area contributed by atoms with Gasteiger partial charge >= 0.3 is 0 Å². The van der Waals surface area contributed by atoms with Gasteiger partial charge in [0.2, 0.25) is 0 Å². The Morgan fingerprint density at radius 3 is 2.56 bits per heavy atom. The number of hydrogen-bond donors (Lipinski definition) is 2.